The van der Waals surface area contributed by atoms with E-state index in [1.54, 1.807) is 0 Å². The van der Waals surface area contributed by atoms with E-state index in [0.717, 1.165) is 12.2 Å². The molecule has 0 heterocycles. The Bertz CT molecular complexity index is 553. The van der Waals surface area contributed by atoms with Gasteiger partial charge in [-0.25, -0.2) is 0 Å². The van der Waals surface area contributed by atoms with Crippen LogP contribution >= 0.6 is 0 Å². The first kappa shape index (κ1) is 12.9. The molecule has 0 aliphatic heterocycles. The van der Waals surface area contributed by atoms with Gasteiger partial charge in [-0.15, -0.1) is 0 Å². The van der Waals surface area contributed by atoms with Gasteiger partial charge in [0.1, 0.15) is 6.54 Å². The molecule has 2 aromatic rings. The Morgan fingerprint density at radius 1 is 0.947 bits per heavy atom. The molecule has 0 aromatic heterocycles. The lowest BCUT2D eigenvalue weighted by Crippen LogP contribution is -2.23. The zero-order valence-electron chi connectivity index (χ0n) is 10.7. The fourth-order valence-electron chi connectivity index (χ4n) is 1.87. The van der Waals surface area contributed by atoms with Crippen LogP contribution in [0.5, 0.6) is 0 Å². The summed E-state index contributed by atoms with van der Waals surface area (Å²) < 4.78 is 0. The van der Waals surface area contributed by atoms with Crippen molar-refractivity contribution in [2.45, 2.75) is 0 Å². The summed E-state index contributed by atoms with van der Waals surface area (Å²) in [5.41, 5.74) is 2.24. The van der Waals surface area contributed by atoms with Crippen molar-refractivity contribution in [2.75, 3.05) is 18.0 Å². The largest absolute Gasteiger partial charge is 0.354 e. The Morgan fingerprint density at radius 2 is 1.58 bits per heavy atom. The van der Waals surface area contributed by atoms with Crippen LogP contribution in [0.25, 0.3) is 6.08 Å². The standard InChI is InChI=1S/C17H16N2/c18-13-15-19(17-11-5-2-6-12-17)14-7-10-16-8-3-1-4-9-16/h1-12H,14-15H2. The van der Waals surface area contributed by atoms with Crippen molar-refractivity contribution >= 4 is 11.8 Å². The van der Waals surface area contributed by atoms with Crippen molar-refractivity contribution in [3.8, 4) is 6.07 Å². The number of nitriles is 1. The molecule has 2 rings (SSSR count). The fraction of sp³-hybridized carbons (Fsp3) is 0.118. The topological polar surface area (TPSA) is 27.0 Å². The van der Waals surface area contributed by atoms with E-state index < -0.39 is 0 Å². The van der Waals surface area contributed by atoms with E-state index in [-0.39, 0.29) is 0 Å². The van der Waals surface area contributed by atoms with Crippen molar-refractivity contribution in [2.24, 2.45) is 0 Å². The van der Waals surface area contributed by atoms with Gasteiger partial charge in [-0.2, -0.15) is 5.26 Å². The van der Waals surface area contributed by atoms with E-state index >= 15 is 0 Å². The number of benzene rings is 2. The molecule has 0 spiro atoms. The van der Waals surface area contributed by atoms with Crippen LogP contribution in [0.1, 0.15) is 5.56 Å². The van der Waals surface area contributed by atoms with Crippen molar-refractivity contribution in [3.63, 3.8) is 0 Å². The monoisotopic (exact) mass is 248 g/mol. The predicted molar refractivity (Wildman–Crippen MR) is 79.7 cm³/mol. The van der Waals surface area contributed by atoms with Crippen molar-refractivity contribution < 1.29 is 0 Å². The summed E-state index contributed by atoms with van der Waals surface area (Å²) in [4.78, 5) is 2.04. The van der Waals surface area contributed by atoms with E-state index in [2.05, 4.69) is 30.4 Å². The summed E-state index contributed by atoms with van der Waals surface area (Å²) >= 11 is 0. The normalized spacial score (nSPS) is 10.3. The Morgan fingerprint density at radius 3 is 2.21 bits per heavy atom. The molecule has 2 nitrogen and oxygen atoms in total. The molecule has 0 radical (unpaired) electrons. The van der Waals surface area contributed by atoms with Gasteiger partial charge >= 0.3 is 0 Å². The molecule has 0 saturated heterocycles. The summed E-state index contributed by atoms with van der Waals surface area (Å²) in [5.74, 6) is 0. The molecule has 19 heavy (non-hydrogen) atoms. The van der Waals surface area contributed by atoms with Gasteiger partial charge in [0.05, 0.1) is 6.07 Å². The molecule has 0 atom stereocenters. The minimum Gasteiger partial charge on any atom is -0.354 e. The Labute approximate surface area is 114 Å². The van der Waals surface area contributed by atoms with E-state index in [0.29, 0.717) is 6.54 Å². The molecule has 2 heteroatoms. The van der Waals surface area contributed by atoms with Crippen LogP contribution in [-0.2, 0) is 0 Å². The van der Waals surface area contributed by atoms with Crippen LogP contribution < -0.4 is 4.90 Å². The highest BCUT2D eigenvalue weighted by Gasteiger charge is 2.02. The van der Waals surface area contributed by atoms with Crippen LogP contribution in [0.15, 0.2) is 66.7 Å². The number of nitrogens with zero attached hydrogens (tertiary/aromatic N) is 2. The maximum Gasteiger partial charge on any atom is 0.106 e. The van der Waals surface area contributed by atoms with E-state index in [4.69, 9.17) is 5.26 Å². The highest BCUT2D eigenvalue weighted by molar-refractivity contribution is 5.52. The highest BCUT2D eigenvalue weighted by Crippen LogP contribution is 2.12. The first-order valence-corrected chi connectivity index (χ1v) is 6.28. The molecule has 0 amide bonds. The molecule has 0 saturated carbocycles. The smallest absolute Gasteiger partial charge is 0.106 e. The molecular weight excluding hydrogens is 232 g/mol. The SMILES string of the molecule is N#CCN(CC=Cc1ccccc1)c1ccccc1. The van der Waals surface area contributed by atoms with Gasteiger partial charge < -0.3 is 4.90 Å². The molecule has 0 aliphatic carbocycles. The van der Waals surface area contributed by atoms with E-state index in [1.807, 2.05) is 53.4 Å². The lowest BCUT2D eigenvalue weighted by atomic mass is 10.2. The number of hydrogen-bond donors (Lipinski definition) is 0. The number of rotatable bonds is 5. The molecule has 0 bridgehead atoms. The summed E-state index contributed by atoms with van der Waals surface area (Å²) in [6.07, 6.45) is 4.16. The fourth-order valence-corrected chi connectivity index (χ4v) is 1.87. The second-order valence-corrected chi connectivity index (χ2v) is 4.19. The summed E-state index contributed by atoms with van der Waals surface area (Å²) in [6.45, 7) is 1.12. The minimum absolute atomic E-state index is 0.392. The third-order valence-corrected chi connectivity index (χ3v) is 2.82. The van der Waals surface area contributed by atoms with Gasteiger partial charge in [-0.3, -0.25) is 0 Å². The molecule has 2 aromatic carbocycles. The molecule has 0 unspecified atom stereocenters. The van der Waals surface area contributed by atoms with Crippen LogP contribution in [0.2, 0.25) is 0 Å². The lowest BCUT2D eigenvalue weighted by Gasteiger charge is -2.19. The van der Waals surface area contributed by atoms with Crippen molar-refractivity contribution in [1.82, 2.24) is 0 Å². The minimum atomic E-state index is 0.392. The maximum atomic E-state index is 8.90. The van der Waals surface area contributed by atoms with Gasteiger partial charge in [0.2, 0.25) is 0 Å². The first-order valence-electron chi connectivity index (χ1n) is 6.28. The van der Waals surface area contributed by atoms with Crippen LogP contribution in [0.4, 0.5) is 5.69 Å². The average molecular weight is 248 g/mol. The van der Waals surface area contributed by atoms with Crippen molar-refractivity contribution in [1.29, 1.82) is 5.26 Å². The average Bonchev–Trinajstić information content (AvgIpc) is 2.48. The quantitative estimate of drug-likeness (QED) is 0.754. The van der Waals surface area contributed by atoms with Gasteiger partial charge in [0, 0.05) is 12.2 Å². The van der Waals surface area contributed by atoms with Crippen LogP contribution in [0.3, 0.4) is 0 Å². The van der Waals surface area contributed by atoms with Gasteiger partial charge in [0.15, 0.2) is 0 Å². The summed E-state index contributed by atoms with van der Waals surface area (Å²) in [6, 6.07) is 22.4. The number of anilines is 1. The van der Waals surface area contributed by atoms with Crippen LogP contribution in [0, 0.1) is 11.3 Å². The molecule has 0 fully saturated rings. The molecule has 94 valence electrons. The second kappa shape index (κ2) is 7.03. The number of para-hydroxylation sites is 1. The van der Waals surface area contributed by atoms with Crippen molar-refractivity contribution in [3.05, 3.63) is 72.3 Å². The molecule has 0 aliphatic rings. The first-order chi connectivity index (χ1) is 9.40. The van der Waals surface area contributed by atoms with E-state index in [9.17, 15) is 0 Å². The number of hydrogen-bond acceptors (Lipinski definition) is 2. The molecule has 0 N–H and O–H groups in total. The maximum absolute atomic E-state index is 8.90. The summed E-state index contributed by atoms with van der Waals surface area (Å²) in [5, 5.41) is 8.90. The third kappa shape index (κ3) is 4.01. The predicted octanol–water partition coefficient (Wildman–Crippen LogP) is 3.73. The highest BCUT2D eigenvalue weighted by atomic mass is 15.1. The van der Waals surface area contributed by atoms with E-state index in [1.165, 1.54) is 5.56 Å². The van der Waals surface area contributed by atoms with Crippen LogP contribution in [-0.4, -0.2) is 13.1 Å². The van der Waals surface area contributed by atoms with Gasteiger partial charge in [0.25, 0.3) is 0 Å². The van der Waals surface area contributed by atoms with Gasteiger partial charge in [-0.05, 0) is 17.7 Å². The van der Waals surface area contributed by atoms with Gasteiger partial charge in [-0.1, -0.05) is 60.7 Å². The lowest BCUT2D eigenvalue weighted by molar-refractivity contribution is 0.962. The Balaban J connectivity index is 2.02. The Hall–Kier alpha value is -2.53. The second-order valence-electron chi connectivity index (χ2n) is 4.19. The molecular formula is C17H16N2. The zero-order chi connectivity index (χ0) is 13.3. The Kier molecular flexibility index (Phi) is 4.78. The third-order valence-electron chi connectivity index (χ3n) is 2.82. The zero-order valence-corrected chi connectivity index (χ0v) is 10.7. The summed E-state index contributed by atoms with van der Waals surface area (Å²) in [7, 11) is 0.